The van der Waals surface area contributed by atoms with E-state index in [-0.39, 0.29) is 18.0 Å². The van der Waals surface area contributed by atoms with Crippen LogP contribution in [-0.2, 0) is 12.7 Å². The molecule has 0 N–H and O–H groups in total. The summed E-state index contributed by atoms with van der Waals surface area (Å²) >= 11 is 0. The molecule has 2 aromatic rings. The van der Waals surface area contributed by atoms with E-state index < -0.39 is 11.7 Å². The molecular formula is C19H21ClF3N3. The number of halogens is 4. The third kappa shape index (κ3) is 5.47. The predicted octanol–water partition coefficient (Wildman–Crippen LogP) is 4.28. The van der Waals surface area contributed by atoms with Gasteiger partial charge in [-0.1, -0.05) is 48.5 Å². The minimum absolute atomic E-state index is 0. The number of rotatable bonds is 4. The molecule has 0 unspecified atom stereocenters. The Kier molecular flexibility index (Phi) is 7.06. The van der Waals surface area contributed by atoms with Crippen LogP contribution in [0.25, 0.3) is 0 Å². The standard InChI is InChI=1S/C19H20F3N3.ClH/c20-19(21,22)18-9-5-4-8-17(18)14-23-25-12-10-24(11-13-25)15-16-6-2-1-3-7-16;/h1-9,14H,10-13,15H2;1H. The molecule has 0 bridgehead atoms. The van der Waals surface area contributed by atoms with E-state index in [4.69, 9.17) is 0 Å². The van der Waals surface area contributed by atoms with E-state index in [2.05, 4.69) is 22.1 Å². The van der Waals surface area contributed by atoms with E-state index in [1.54, 1.807) is 6.07 Å². The monoisotopic (exact) mass is 383 g/mol. The molecule has 0 aromatic heterocycles. The van der Waals surface area contributed by atoms with Gasteiger partial charge in [-0.3, -0.25) is 9.91 Å². The molecule has 1 heterocycles. The average molecular weight is 384 g/mol. The van der Waals surface area contributed by atoms with E-state index >= 15 is 0 Å². The van der Waals surface area contributed by atoms with Crippen molar-refractivity contribution >= 4 is 18.6 Å². The Labute approximate surface area is 157 Å². The summed E-state index contributed by atoms with van der Waals surface area (Å²) in [6.45, 7) is 3.98. The summed E-state index contributed by atoms with van der Waals surface area (Å²) in [6, 6.07) is 15.7. The van der Waals surface area contributed by atoms with Gasteiger partial charge in [-0.15, -0.1) is 12.4 Å². The van der Waals surface area contributed by atoms with E-state index in [1.165, 1.54) is 23.9 Å². The quantitative estimate of drug-likeness (QED) is 0.734. The lowest BCUT2D eigenvalue weighted by Gasteiger charge is -2.33. The van der Waals surface area contributed by atoms with Crippen molar-refractivity contribution in [2.45, 2.75) is 12.7 Å². The van der Waals surface area contributed by atoms with Crippen LogP contribution < -0.4 is 0 Å². The Balaban J connectivity index is 0.00000243. The summed E-state index contributed by atoms with van der Waals surface area (Å²) in [7, 11) is 0. The lowest BCUT2D eigenvalue weighted by Crippen LogP contribution is -2.43. The minimum atomic E-state index is -4.36. The fourth-order valence-electron chi connectivity index (χ4n) is 2.86. The van der Waals surface area contributed by atoms with E-state index in [9.17, 15) is 13.2 Å². The second kappa shape index (κ2) is 9.05. The molecule has 1 saturated heterocycles. The van der Waals surface area contributed by atoms with Gasteiger partial charge >= 0.3 is 6.18 Å². The summed E-state index contributed by atoms with van der Waals surface area (Å²) < 4.78 is 39.0. The van der Waals surface area contributed by atoms with Gasteiger partial charge in [0.25, 0.3) is 0 Å². The summed E-state index contributed by atoms with van der Waals surface area (Å²) in [4.78, 5) is 2.32. The summed E-state index contributed by atoms with van der Waals surface area (Å²) in [5.41, 5.74) is 0.710. The molecule has 1 aliphatic heterocycles. The van der Waals surface area contributed by atoms with Crippen LogP contribution in [0.4, 0.5) is 13.2 Å². The SMILES string of the molecule is Cl.FC(F)(F)c1ccccc1C=NN1CCN(Cc2ccccc2)CC1. The van der Waals surface area contributed by atoms with Crippen LogP contribution in [0.5, 0.6) is 0 Å². The van der Waals surface area contributed by atoms with Crippen LogP contribution in [0.15, 0.2) is 59.7 Å². The average Bonchev–Trinajstić information content (AvgIpc) is 2.61. The van der Waals surface area contributed by atoms with Gasteiger partial charge < -0.3 is 0 Å². The topological polar surface area (TPSA) is 18.8 Å². The minimum Gasteiger partial charge on any atom is -0.295 e. The Hall–Kier alpha value is -2.05. The van der Waals surface area contributed by atoms with Gasteiger partial charge in [-0.2, -0.15) is 18.3 Å². The third-order valence-electron chi connectivity index (χ3n) is 4.22. The van der Waals surface area contributed by atoms with Crippen molar-refractivity contribution in [1.82, 2.24) is 9.91 Å². The van der Waals surface area contributed by atoms with Gasteiger partial charge in [0.05, 0.1) is 11.8 Å². The molecule has 1 aliphatic rings. The van der Waals surface area contributed by atoms with Gasteiger partial charge in [0, 0.05) is 38.3 Å². The fraction of sp³-hybridized carbons (Fsp3) is 0.316. The molecule has 3 rings (SSSR count). The van der Waals surface area contributed by atoms with Crippen LogP contribution in [0.2, 0.25) is 0 Å². The first-order chi connectivity index (χ1) is 12.0. The Morgan fingerprint density at radius 1 is 0.885 bits per heavy atom. The molecule has 0 atom stereocenters. The maximum atomic E-state index is 13.0. The first-order valence-electron chi connectivity index (χ1n) is 8.24. The molecule has 26 heavy (non-hydrogen) atoms. The Morgan fingerprint density at radius 3 is 2.15 bits per heavy atom. The second-order valence-corrected chi connectivity index (χ2v) is 6.04. The molecule has 3 nitrogen and oxygen atoms in total. The van der Waals surface area contributed by atoms with Crippen molar-refractivity contribution in [3.63, 3.8) is 0 Å². The third-order valence-corrected chi connectivity index (χ3v) is 4.22. The van der Waals surface area contributed by atoms with Gasteiger partial charge in [0.15, 0.2) is 0 Å². The van der Waals surface area contributed by atoms with Gasteiger partial charge in [-0.05, 0) is 11.6 Å². The van der Waals surface area contributed by atoms with E-state index in [0.717, 1.165) is 25.7 Å². The van der Waals surface area contributed by atoms with Gasteiger partial charge in [-0.25, -0.2) is 0 Å². The molecule has 7 heteroatoms. The van der Waals surface area contributed by atoms with Crippen LogP contribution in [-0.4, -0.2) is 42.3 Å². The first kappa shape index (κ1) is 20.3. The highest BCUT2D eigenvalue weighted by Crippen LogP contribution is 2.31. The van der Waals surface area contributed by atoms with Crippen LogP contribution in [0.3, 0.4) is 0 Å². The number of hydrazone groups is 1. The Morgan fingerprint density at radius 2 is 1.50 bits per heavy atom. The molecule has 1 fully saturated rings. The van der Waals surface area contributed by atoms with Crippen molar-refractivity contribution in [2.75, 3.05) is 26.2 Å². The molecule has 2 aromatic carbocycles. The van der Waals surface area contributed by atoms with Crippen molar-refractivity contribution < 1.29 is 13.2 Å². The summed E-state index contributed by atoms with van der Waals surface area (Å²) in [5, 5.41) is 6.08. The molecule has 0 saturated carbocycles. The van der Waals surface area contributed by atoms with Crippen molar-refractivity contribution in [3.05, 3.63) is 71.3 Å². The second-order valence-electron chi connectivity index (χ2n) is 6.04. The Bertz CT molecular complexity index is 711. The predicted molar refractivity (Wildman–Crippen MR) is 99.6 cm³/mol. The number of benzene rings is 2. The molecule has 0 spiro atoms. The lowest BCUT2D eigenvalue weighted by molar-refractivity contribution is -0.137. The van der Waals surface area contributed by atoms with Gasteiger partial charge in [0.2, 0.25) is 0 Å². The van der Waals surface area contributed by atoms with E-state index in [1.807, 2.05) is 23.2 Å². The molecular weight excluding hydrogens is 363 g/mol. The highest BCUT2D eigenvalue weighted by Gasteiger charge is 2.32. The van der Waals surface area contributed by atoms with Crippen molar-refractivity contribution in [1.29, 1.82) is 0 Å². The van der Waals surface area contributed by atoms with Gasteiger partial charge in [0.1, 0.15) is 0 Å². The van der Waals surface area contributed by atoms with Crippen LogP contribution in [0.1, 0.15) is 16.7 Å². The van der Waals surface area contributed by atoms with Crippen LogP contribution >= 0.6 is 12.4 Å². The normalized spacial score (nSPS) is 15.9. The van der Waals surface area contributed by atoms with Crippen molar-refractivity contribution in [2.24, 2.45) is 5.10 Å². The van der Waals surface area contributed by atoms with Crippen molar-refractivity contribution in [3.8, 4) is 0 Å². The highest BCUT2D eigenvalue weighted by molar-refractivity contribution is 5.85. The highest BCUT2D eigenvalue weighted by atomic mass is 35.5. The zero-order chi connectivity index (χ0) is 17.7. The number of alkyl halides is 3. The smallest absolute Gasteiger partial charge is 0.295 e. The summed E-state index contributed by atoms with van der Waals surface area (Å²) in [5.74, 6) is 0. The molecule has 0 aliphatic carbocycles. The fourth-order valence-corrected chi connectivity index (χ4v) is 2.86. The molecule has 0 radical (unpaired) electrons. The largest absolute Gasteiger partial charge is 0.417 e. The molecule has 140 valence electrons. The lowest BCUT2D eigenvalue weighted by atomic mass is 10.1. The number of hydrogen-bond donors (Lipinski definition) is 0. The zero-order valence-electron chi connectivity index (χ0n) is 14.2. The maximum absolute atomic E-state index is 13.0. The zero-order valence-corrected chi connectivity index (χ0v) is 15.0. The number of hydrogen-bond acceptors (Lipinski definition) is 3. The maximum Gasteiger partial charge on any atom is 0.417 e. The number of nitrogens with zero attached hydrogens (tertiary/aromatic N) is 3. The summed E-state index contributed by atoms with van der Waals surface area (Å²) in [6.07, 6.45) is -3.05. The first-order valence-corrected chi connectivity index (χ1v) is 8.24. The van der Waals surface area contributed by atoms with E-state index in [0.29, 0.717) is 13.1 Å². The number of piperazine rings is 1. The van der Waals surface area contributed by atoms with Crippen LogP contribution in [0, 0.1) is 0 Å². The molecule has 0 amide bonds.